The molecule has 0 radical (unpaired) electrons. The molecule has 0 saturated heterocycles. The molecule has 0 atom stereocenters. The van der Waals surface area contributed by atoms with Crippen LogP contribution in [0, 0.1) is 0 Å². The van der Waals surface area contributed by atoms with Crippen molar-refractivity contribution < 1.29 is 9.47 Å². The Bertz CT molecular complexity index is 1040. The highest BCUT2D eigenvalue weighted by Gasteiger charge is 2.25. The van der Waals surface area contributed by atoms with Crippen molar-refractivity contribution in [3.05, 3.63) is 89.0 Å². The summed E-state index contributed by atoms with van der Waals surface area (Å²) in [5.41, 5.74) is 8.15. The Balaban J connectivity index is 2.10. The van der Waals surface area contributed by atoms with E-state index in [1.54, 1.807) is 7.11 Å². The Kier molecular flexibility index (Phi) is 5.07. The second-order valence-corrected chi connectivity index (χ2v) is 6.82. The van der Waals surface area contributed by atoms with Gasteiger partial charge in [0, 0.05) is 35.0 Å². The number of ether oxygens (including phenoxy) is 2. The van der Waals surface area contributed by atoms with Gasteiger partial charge in [-0.1, -0.05) is 49.4 Å². The first-order chi connectivity index (χ1) is 13.8. The molecule has 4 rings (SSSR count). The highest BCUT2D eigenvalue weighted by molar-refractivity contribution is 6.02. The molecule has 0 aliphatic carbocycles. The fourth-order valence-electron chi connectivity index (χ4n) is 3.94. The summed E-state index contributed by atoms with van der Waals surface area (Å²) in [6, 6.07) is 23.0. The predicted molar refractivity (Wildman–Crippen MR) is 116 cm³/mol. The minimum Gasteiger partial charge on any atom is -0.496 e. The van der Waals surface area contributed by atoms with Gasteiger partial charge in [0.05, 0.1) is 7.11 Å². The van der Waals surface area contributed by atoms with E-state index in [2.05, 4.69) is 54.7 Å². The molecule has 1 N–H and O–H groups in total. The van der Waals surface area contributed by atoms with Crippen molar-refractivity contribution in [2.45, 2.75) is 20.0 Å². The number of fused-ring (bicyclic) bond motifs is 2. The van der Waals surface area contributed by atoms with E-state index in [9.17, 15) is 0 Å². The lowest BCUT2D eigenvalue weighted by molar-refractivity contribution is 0.306. The minimum absolute atomic E-state index is 0.528. The lowest BCUT2D eigenvalue weighted by atomic mass is 9.85. The topological polar surface area (TPSA) is 30.5 Å². The van der Waals surface area contributed by atoms with Crippen molar-refractivity contribution in [1.82, 2.24) is 0 Å². The molecule has 142 valence electrons. The van der Waals surface area contributed by atoms with E-state index < -0.39 is 0 Å². The maximum atomic E-state index is 6.18. The van der Waals surface area contributed by atoms with Gasteiger partial charge in [0.15, 0.2) is 0 Å². The van der Waals surface area contributed by atoms with Crippen molar-refractivity contribution in [3.63, 3.8) is 0 Å². The number of anilines is 1. The maximum Gasteiger partial charge on any atom is 0.127 e. The SMILES string of the molecule is CC/C(=C1\c2ccccc2OCc2cccc(OC)c21)c1cccc(NC)c1. The van der Waals surface area contributed by atoms with E-state index in [1.807, 2.05) is 31.3 Å². The monoisotopic (exact) mass is 371 g/mol. The average Bonchev–Trinajstić information content (AvgIpc) is 2.92. The molecular weight excluding hydrogens is 346 g/mol. The Labute approximate surface area is 166 Å². The fourth-order valence-corrected chi connectivity index (χ4v) is 3.94. The summed E-state index contributed by atoms with van der Waals surface area (Å²) in [7, 11) is 3.68. The van der Waals surface area contributed by atoms with Crippen LogP contribution in [-0.2, 0) is 6.61 Å². The molecule has 3 aromatic rings. The standard InChI is InChI=1S/C25H25NO2/c1-4-20(17-9-7-11-19(15-17)26-2)25-21-12-5-6-13-22(21)28-16-18-10-8-14-23(27-3)24(18)25/h5-15,26H,4,16H2,1-3H3/b25-20-. The Hall–Kier alpha value is -3.20. The van der Waals surface area contributed by atoms with Crippen LogP contribution in [0.25, 0.3) is 11.1 Å². The maximum absolute atomic E-state index is 6.18. The summed E-state index contributed by atoms with van der Waals surface area (Å²) in [6.07, 6.45) is 0.897. The molecule has 0 saturated carbocycles. The zero-order chi connectivity index (χ0) is 19.5. The number of allylic oxidation sites excluding steroid dienone is 1. The number of rotatable bonds is 4. The highest BCUT2D eigenvalue weighted by Crippen LogP contribution is 2.45. The van der Waals surface area contributed by atoms with Gasteiger partial charge in [-0.05, 0) is 41.8 Å². The molecule has 1 aliphatic rings. The molecule has 0 fully saturated rings. The molecule has 0 amide bonds. The largest absolute Gasteiger partial charge is 0.496 e. The molecule has 1 heterocycles. The third kappa shape index (κ3) is 3.13. The summed E-state index contributed by atoms with van der Waals surface area (Å²) in [5, 5.41) is 3.25. The summed E-state index contributed by atoms with van der Waals surface area (Å²) in [6.45, 7) is 2.73. The van der Waals surface area contributed by atoms with E-state index in [4.69, 9.17) is 9.47 Å². The van der Waals surface area contributed by atoms with Crippen LogP contribution in [-0.4, -0.2) is 14.2 Å². The van der Waals surface area contributed by atoms with Gasteiger partial charge in [-0.3, -0.25) is 0 Å². The van der Waals surface area contributed by atoms with Crippen LogP contribution in [0.15, 0.2) is 66.7 Å². The first-order valence-corrected chi connectivity index (χ1v) is 9.66. The summed E-state index contributed by atoms with van der Waals surface area (Å²) in [4.78, 5) is 0. The van der Waals surface area contributed by atoms with E-state index in [0.29, 0.717) is 6.61 Å². The number of hydrogen-bond donors (Lipinski definition) is 1. The normalized spacial score (nSPS) is 14.2. The third-order valence-corrected chi connectivity index (χ3v) is 5.28. The molecule has 0 aromatic heterocycles. The second kappa shape index (κ2) is 7.81. The molecule has 1 aliphatic heterocycles. The van der Waals surface area contributed by atoms with Crippen LogP contribution >= 0.6 is 0 Å². The lowest BCUT2D eigenvalue weighted by Crippen LogP contribution is -2.01. The van der Waals surface area contributed by atoms with Crippen molar-refractivity contribution >= 4 is 16.8 Å². The van der Waals surface area contributed by atoms with Crippen molar-refractivity contribution in [1.29, 1.82) is 0 Å². The van der Waals surface area contributed by atoms with Crippen LogP contribution < -0.4 is 14.8 Å². The van der Waals surface area contributed by atoms with Gasteiger partial charge >= 0.3 is 0 Å². The van der Waals surface area contributed by atoms with Gasteiger partial charge in [0.2, 0.25) is 0 Å². The van der Waals surface area contributed by atoms with Crippen LogP contribution in [0.2, 0.25) is 0 Å². The first-order valence-electron chi connectivity index (χ1n) is 9.66. The average molecular weight is 371 g/mol. The minimum atomic E-state index is 0.528. The first kappa shape index (κ1) is 18.2. The molecule has 3 nitrogen and oxygen atoms in total. The lowest BCUT2D eigenvalue weighted by Gasteiger charge is -2.19. The number of nitrogens with one attached hydrogen (secondary N) is 1. The fraction of sp³-hybridized carbons (Fsp3) is 0.200. The number of methoxy groups -OCH3 is 1. The van der Waals surface area contributed by atoms with Gasteiger partial charge < -0.3 is 14.8 Å². The number of hydrogen-bond acceptors (Lipinski definition) is 3. The second-order valence-electron chi connectivity index (χ2n) is 6.82. The molecule has 28 heavy (non-hydrogen) atoms. The molecule has 0 spiro atoms. The van der Waals surface area contributed by atoms with Crippen molar-refractivity contribution in [2.75, 3.05) is 19.5 Å². The van der Waals surface area contributed by atoms with Crippen LogP contribution in [0.4, 0.5) is 5.69 Å². The third-order valence-electron chi connectivity index (χ3n) is 5.28. The van der Waals surface area contributed by atoms with Gasteiger partial charge in [-0.2, -0.15) is 0 Å². The van der Waals surface area contributed by atoms with Crippen molar-refractivity contribution in [3.8, 4) is 11.5 Å². The van der Waals surface area contributed by atoms with Crippen molar-refractivity contribution in [2.24, 2.45) is 0 Å². The van der Waals surface area contributed by atoms with E-state index >= 15 is 0 Å². The quantitative estimate of drug-likeness (QED) is 0.610. The summed E-state index contributed by atoms with van der Waals surface area (Å²) >= 11 is 0. The molecule has 0 unspecified atom stereocenters. The Morgan fingerprint density at radius 3 is 2.64 bits per heavy atom. The molecular formula is C25H25NO2. The molecule has 3 heteroatoms. The Morgan fingerprint density at radius 2 is 1.86 bits per heavy atom. The van der Waals surface area contributed by atoms with E-state index in [-0.39, 0.29) is 0 Å². The number of benzene rings is 3. The molecule has 3 aromatic carbocycles. The van der Waals surface area contributed by atoms with Gasteiger partial charge in [-0.15, -0.1) is 0 Å². The van der Waals surface area contributed by atoms with Gasteiger partial charge in [0.25, 0.3) is 0 Å². The molecule has 0 bridgehead atoms. The number of para-hydroxylation sites is 1. The van der Waals surface area contributed by atoms with Crippen LogP contribution in [0.1, 0.15) is 35.6 Å². The van der Waals surface area contributed by atoms with Crippen LogP contribution in [0.3, 0.4) is 0 Å². The zero-order valence-electron chi connectivity index (χ0n) is 16.6. The van der Waals surface area contributed by atoms with Gasteiger partial charge in [-0.25, -0.2) is 0 Å². The summed E-state index contributed by atoms with van der Waals surface area (Å²) < 4.78 is 12.0. The van der Waals surface area contributed by atoms with E-state index in [1.165, 1.54) is 16.7 Å². The van der Waals surface area contributed by atoms with Crippen LogP contribution in [0.5, 0.6) is 11.5 Å². The smallest absolute Gasteiger partial charge is 0.127 e. The zero-order valence-corrected chi connectivity index (χ0v) is 16.6. The Morgan fingerprint density at radius 1 is 1.04 bits per heavy atom. The predicted octanol–water partition coefficient (Wildman–Crippen LogP) is 6.00. The highest BCUT2D eigenvalue weighted by atomic mass is 16.5. The van der Waals surface area contributed by atoms with E-state index in [0.717, 1.165) is 40.3 Å². The van der Waals surface area contributed by atoms with Gasteiger partial charge in [0.1, 0.15) is 18.1 Å². The summed E-state index contributed by atoms with van der Waals surface area (Å²) in [5.74, 6) is 1.79.